The van der Waals surface area contributed by atoms with E-state index in [0.29, 0.717) is 5.11 Å². The fraction of sp³-hybridized carbons (Fsp3) is 0.0455. The molecule has 3 N–H and O–H groups in total. The van der Waals surface area contributed by atoms with Crippen LogP contribution in [0.2, 0.25) is 0 Å². The lowest BCUT2D eigenvalue weighted by Gasteiger charge is -2.11. The molecule has 3 aromatic rings. The van der Waals surface area contributed by atoms with Crippen molar-refractivity contribution in [2.45, 2.75) is 0 Å². The molecule has 0 saturated heterocycles. The van der Waals surface area contributed by atoms with E-state index in [4.69, 9.17) is 17.0 Å². The average Bonchev–Trinajstić information content (AvgIpc) is 2.69. The van der Waals surface area contributed by atoms with E-state index in [-0.39, 0.29) is 5.75 Å². The van der Waals surface area contributed by atoms with Crippen LogP contribution in [0, 0.1) is 0 Å². The summed E-state index contributed by atoms with van der Waals surface area (Å²) in [5.74, 6) is 1.07. The molecule has 0 heterocycles. The third-order valence-electron chi connectivity index (χ3n) is 3.88. The van der Waals surface area contributed by atoms with Crippen LogP contribution in [0.25, 0.3) is 12.2 Å². The summed E-state index contributed by atoms with van der Waals surface area (Å²) < 4.78 is 5.14. The second-order valence-corrected chi connectivity index (χ2v) is 6.26. The van der Waals surface area contributed by atoms with Crippen LogP contribution in [0.3, 0.4) is 0 Å². The normalized spacial score (nSPS) is 10.6. The maximum Gasteiger partial charge on any atom is 0.175 e. The number of ether oxygens (including phenoxy) is 1. The molecule has 0 saturated carbocycles. The highest BCUT2D eigenvalue weighted by atomic mass is 32.1. The van der Waals surface area contributed by atoms with Gasteiger partial charge in [-0.05, 0) is 71.9 Å². The van der Waals surface area contributed by atoms with E-state index in [2.05, 4.69) is 10.6 Å². The monoisotopic (exact) mass is 376 g/mol. The van der Waals surface area contributed by atoms with E-state index < -0.39 is 0 Å². The first-order chi connectivity index (χ1) is 13.1. The SMILES string of the molecule is COc1ccc(NC(=S)Nc2ccc(/C=C/c3ccc(O)cc3)cc2)cc1. The Kier molecular flexibility index (Phi) is 6.07. The fourth-order valence-electron chi connectivity index (χ4n) is 2.42. The van der Waals surface area contributed by atoms with Crippen LogP contribution in [-0.2, 0) is 0 Å². The third-order valence-corrected chi connectivity index (χ3v) is 4.08. The second kappa shape index (κ2) is 8.87. The average molecular weight is 376 g/mol. The van der Waals surface area contributed by atoms with E-state index >= 15 is 0 Å². The van der Waals surface area contributed by atoms with Gasteiger partial charge in [-0.2, -0.15) is 0 Å². The Balaban J connectivity index is 1.56. The highest BCUT2D eigenvalue weighted by Crippen LogP contribution is 2.17. The molecule has 5 heteroatoms. The van der Waals surface area contributed by atoms with E-state index in [9.17, 15) is 5.11 Å². The molecule has 3 rings (SSSR count). The largest absolute Gasteiger partial charge is 0.508 e. The first kappa shape index (κ1) is 18.5. The summed E-state index contributed by atoms with van der Waals surface area (Å²) in [6, 6.07) is 22.6. The lowest BCUT2D eigenvalue weighted by Crippen LogP contribution is -2.18. The van der Waals surface area contributed by atoms with Gasteiger partial charge in [-0.25, -0.2) is 0 Å². The number of methoxy groups -OCH3 is 1. The highest BCUT2D eigenvalue weighted by molar-refractivity contribution is 7.80. The number of hydrogen-bond donors (Lipinski definition) is 3. The summed E-state index contributed by atoms with van der Waals surface area (Å²) >= 11 is 5.35. The number of thiocarbonyl (C=S) groups is 1. The van der Waals surface area contributed by atoms with Crippen LogP contribution in [0.4, 0.5) is 11.4 Å². The molecule has 0 unspecified atom stereocenters. The zero-order valence-electron chi connectivity index (χ0n) is 14.8. The second-order valence-electron chi connectivity index (χ2n) is 5.85. The van der Waals surface area contributed by atoms with Crippen molar-refractivity contribution >= 4 is 40.9 Å². The molecule has 0 amide bonds. The number of rotatable bonds is 5. The van der Waals surface area contributed by atoms with Gasteiger partial charge in [0.05, 0.1) is 7.11 Å². The molecular weight excluding hydrogens is 356 g/mol. The van der Waals surface area contributed by atoms with Gasteiger partial charge in [0.25, 0.3) is 0 Å². The van der Waals surface area contributed by atoms with E-state index in [0.717, 1.165) is 28.3 Å². The molecule has 0 aromatic heterocycles. The highest BCUT2D eigenvalue weighted by Gasteiger charge is 2.00. The molecule has 0 atom stereocenters. The summed E-state index contributed by atoms with van der Waals surface area (Å²) in [5, 5.41) is 16.1. The van der Waals surface area contributed by atoms with Gasteiger partial charge < -0.3 is 20.5 Å². The Labute approximate surface area is 164 Å². The van der Waals surface area contributed by atoms with Gasteiger partial charge in [0.15, 0.2) is 5.11 Å². The van der Waals surface area contributed by atoms with Crippen molar-refractivity contribution < 1.29 is 9.84 Å². The Morgan fingerprint density at radius 2 is 1.22 bits per heavy atom. The van der Waals surface area contributed by atoms with Crippen LogP contribution in [0.15, 0.2) is 72.8 Å². The number of phenols is 1. The smallest absolute Gasteiger partial charge is 0.175 e. The van der Waals surface area contributed by atoms with Crippen molar-refractivity contribution in [2.24, 2.45) is 0 Å². The quantitative estimate of drug-likeness (QED) is 0.412. The molecule has 0 spiro atoms. The zero-order valence-corrected chi connectivity index (χ0v) is 15.7. The minimum absolute atomic E-state index is 0.266. The Bertz CT molecular complexity index is 918. The molecule has 3 aromatic carbocycles. The van der Waals surface area contributed by atoms with Crippen molar-refractivity contribution in [1.29, 1.82) is 0 Å². The minimum Gasteiger partial charge on any atom is -0.508 e. The van der Waals surface area contributed by atoms with Gasteiger partial charge in [0.2, 0.25) is 0 Å². The van der Waals surface area contributed by atoms with Gasteiger partial charge in [-0.15, -0.1) is 0 Å². The topological polar surface area (TPSA) is 53.5 Å². The van der Waals surface area contributed by atoms with Crippen molar-refractivity contribution in [3.8, 4) is 11.5 Å². The van der Waals surface area contributed by atoms with E-state index in [1.165, 1.54) is 0 Å². The van der Waals surface area contributed by atoms with E-state index in [1.807, 2.05) is 72.8 Å². The molecule has 4 nitrogen and oxygen atoms in total. The minimum atomic E-state index is 0.266. The van der Waals surface area contributed by atoms with Gasteiger partial charge >= 0.3 is 0 Å². The molecular formula is C22H20N2O2S. The van der Waals surface area contributed by atoms with Crippen LogP contribution < -0.4 is 15.4 Å². The van der Waals surface area contributed by atoms with Gasteiger partial charge in [0, 0.05) is 11.4 Å². The van der Waals surface area contributed by atoms with Crippen molar-refractivity contribution in [3.63, 3.8) is 0 Å². The maximum atomic E-state index is 9.31. The Hall–Kier alpha value is -3.31. The number of phenolic OH excluding ortho intramolecular Hbond substituents is 1. The number of nitrogens with one attached hydrogen (secondary N) is 2. The van der Waals surface area contributed by atoms with Gasteiger partial charge in [0.1, 0.15) is 11.5 Å². The summed E-state index contributed by atoms with van der Waals surface area (Å²) in [6.07, 6.45) is 4.02. The molecule has 136 valence electrons. The fourth-order valence-corrected chi connectivity index (χ4v) is 2.66. The number of hydrogen-bond acceptors (Lipinski definition) is 3. The summed E-state index contributed by atoms with van der Waals surface area (Å²) in [7, 11) is 1.64. The third kappa shape index (κ3) is 5.59. The molecule has 0 radical (unpaired) electrons. The molecule has 0 fully saturated rings. The molecule has 0 aliphatic rings. The van der Waals surface area contributed by atoms with Crippen LogP contribution in [-0.4, -0.2) is 17.3 Å². The summed E-state index contributed by atoms with van der Waals surface area (Å²) in [6.45, 7) is 0. The van der Waals surface area contributed by atoms with Gasteiger partial charge in [-0.1, -0.05) is 36.4 Å². The first-order valence-corrected chi connectivity index (χ1v) is 8.82. The first-order valence-electron chi connectivity index (χ1n) is 8.41. The number of aromatic hydroxyl groups is 1. The molecule has 0 aliphatic carbocycles. The summed E-state index contributed by atoms with van der Waals surface area (Å²) in [5.41, 5.74) is 3.90. The van der Waals surface area contributed by atoms with Crippen molar-refractivity contribution in [2.75, 3.05) is 17.7 Å². The predicted octanol–water partition coefficient (Wildman–Crippen LogP) is 5.38. The molecule has 0 bridgehead atoms. The lowest BCUT2D eigenvalue weighted by atomic mass is 10.1. The lowest BCUT2D eigenvalue weighted by molar-refractivity contribution is 0.415. The number of benzene rings is 3. The van der Waals surface area contributed by atoms with Crippen LogP contribution in [0.5, 0.6) is 11.5 Å². The van der Waals surface area contributed by atoms with Crippen molar-refractivity contribution in [1.82, 2.24) is 0 Å². The molecule has 27 heavy (non-hydrogen) atoms. The molecule has 0 aliphatic heterocycles. The van der Waals surface area contributed by atoms with Gasteiger partial charge in [-0.3, -0.25) is 0 Å². The Morgan fingerprint density at radius 1 is 0.778 bits per heavy atom. The standard InChI is InChI=1S/C22H20N2O2S/c1-26-21-14-10-19(11-15-21)24-22(27)23-18-8-4-16(5-9-18)2-3-17-6-12-20(25)13-7-17/h2-15,25H,1H3,(H2,23,24,27)/b3-2+. The van der Waals surface area contributed by atoms with E-state index in [1.54, 1.807) is 19.2 Å². The van der Waals surface area contributed by atoms with Crippen LogP contribution >= 0.6 is 12.2 Å². The maximum absolute atomic E-state index is 9.31. The number of anilines is 2. The van der Waals surface area contributed by atoms with Crippen molar-refractivity contribution in [3.05, 3.63) is 83.9 Å². The zero-order chi connectivity index (χ0) is 19.1. The predicted molar refractivity (Wildman–Crippen MR) is 116 cm³/mol. The van der Waals surface area contributed by atoms with Crippen LogP contribution in [0.1, 0.15) is 11.1 Å². The Morgan fingerprint density at radius 3 is 1.70 bits per heavy atom. The summed E-state index contributed by atoms with van der Waals surface area (Å²) in [4.78, 5) is 0.